The average molecular weight is 399 g/mol. The number of fused-ring (bicyclic) bond motifs is 1. The van der Waals surface area contributed by atoms with Crippen molar-refractivity contribution in [3.8, 4) is 33.9 Å². The minimum atomic E-state index is -0.423. The smallest absolute Gasteiger partial charge is 0.208 e. The van der Waals surface area contributed by atoms with Crippen LogP contribution in [0.3, 0.4) is 0 Å². The molecule has 0 atom stereocenters. The van der Waals surface area contributed by atoms with E-state index in [9.17, 15) is 0 Å². The highest BCUT2D eigenvalue weighted by Gasteiger charge is 2.11. The second-order valence-electron chi connectivity index (χ2n) is 6.36. The number of hydrogen-bond donors (Lipinski definition) is 0. The van der Waals surface area contributed by atoms with Gasteiger partial charge in [-0.1, -0.05) is 90.9 Å². The van der Waals surface area contributed by atoms with Crippen molar-refractivity contribution in [2.75, 3.05) is 0 Å². The third kappa shape index (κ3) is 3.48. The Labute approximate surface area is 180 Å². The maximum absolute atomic E-state index is 8.39. The van der Waals surface area contributed by atoms with Crippen LogP contribution in [0.5, 0.6) is 0 Å². The van der Waals surface area contributed by atoms with E-state index >= 15 is 0 Å². The number of aromatic nitrogens is 3. The molecule has 29 heavy (non-hydrogen) atoms. The first-order valence-corrected chi connectivity index (χ1v) is 9.30. The minimum absolute atomic E-state index is 0.0582. The molecule has 0 aliphatic carbocycles. The molecule has 0 unspecified atom stereocenters. The lowest BCUT2D eigenvalue weighted by atomic mass is 9.96. The number of rotatable bonds is 3. The molecule has 4 aromatic carbocycles. The van der Waals surface area contributed by atoms with Crippen molar-refractivity contribution >= 4 is 22.4 Å². The van der Waals surface area contributed by atoms with Crippen molar-refractivity contribution in [1.29, 1.82) is 0 Å². The van der Waals surface area contributed by atoms with Crippen LogP contribution < -0.4 is 0 Å². The second kappa shape index (κ2) is 7.46. The fourth-order valence-electron chi connectivity index (χ4n) is 3.21. The van der Waals surface area contributed by atoms with Crippen LogP contribution in [0.2, 0.25) is 5.28 Å². The maximum atomic E-state index is 8.39. The Kier molecular flexibility index (Phi) is 3.29. The summed E-state index contributed by atoms with van der Waals surface area (Å²) in [6.07, 6.45) is 0. The van der Waals surface area contributed by atoms with Gasteiger partial charge in [-0.25, -0.2) is 4.98 Å². The average Bonchev–Trinajstić information content (AvgIpc) is 2.86. The first-order valence-electron chi connectivity index (χ1n) is 11.4. The summed E-state index contributed by atoms with van der Waals surface area (Å²) in [5.74, 6) is 0.811. The van der Waals surface area contributed by atoms with Crippen molar-refractivity contribution in [3.05, 3.63) is 102 Å². The summed E-state index contributed by atoms with van der Waals surface area (Å²) in [5, 5.41) is 1.61. The standard InChI is InChI=1S/C25H16ClN3/c26-25-28-23(19-10-5-2-6-11-19)27-24(29-25)20-15-14-18-12-7-13-21(22(18)16-20)17-8-3-1-4-9-17/h1-16H/i1D,3D,4D,8D,9D. The Bertz CT molecular complexity index is 1550. The quantitative estimate of drug-likeness (QED) is 0.340. The molecule has 0 aliphatic rings. The molecule has 0 fully saturated rings. The Morgan fingerprint density at radius 3 is 2.21 bits per heavy atom. The van der Waals surface area contributed by atoms with E-state index in [0.29, 0.717) is 28.2 Å². The molecule has 1 heterocycles. The lowest BCUT2D eigenvalue weighted by Crippen LogP contribution is -1.97. The van der Waals surface area contributed by atoms with Crippen LogP contribution in [-0.2, 0) is 0 Å². The number of benzene rings is 4. The van der Waals surface area contributed by atoms with Gasteiger partial charge in [-0.3, -0.25) is 0 Å². The van der Waals surface area contributed by atoms with E-state index in [2.05, 4.69) is 15.0 Å². The second-order valence-corrected chi connectivity index (χ2v) is 6.70. The lowest BCUT2D eigenvalue weighted by Gasteiger charge is -2.10. The minimum Gasteiger partial charge on any atom is -0.208 e. The van der Waals surface area contributed by atoms with E-state index in [1.54, 1.807) is 12.1 Å². The molecule has 5 aromatic rings. The number of halogens is 1. The van der Waals surface area contributed by atoms with Gasteiger partial charge < -0.3 is 0 Å². The fraction of sp³-hybridized carbons (Fsp3) is 0. The summed E-state index contributed by atoms with van der Waals surface area (Å²) in [6, 6.07) is 18.8. The van der Waals surface area contributed by atoms with Crippen molar-refractivity contribution < 1.29 is 6.85 Å². The SMILES string of the molecule is [2H]c1c([2H])c([2H])c(-c2cccc3ccc(-c4nc(Cl)nc(-c5ccccc5)n4)cc23)c([2H])c1[2H]. The van der Waals surface area contributed by atoms with Crippen molar-refractivity contribution in [3.63, 3.8) is 0 Å². The predicted octanol–water partition coefficient (Wildman–Crippen LogP) is 6.68. The highest BCUT2D eigenvalue weighted by Crippen LogP contribution is 2.32. The third-order valence-electron chi connectivity index (χ3n) is 4.55. The monoisotopic (exact) mass is 398 g/mol. The third-order valence-corrected chi connectivity index (χ3v) is 4.72. The predicted molar refractivity (Wildman–Crippen MR) is 119 cm³/mol. The number of nitrogens with zero attached hydrogens (tertiary/aromatic N) is 3. The summed E-state index contributed by atoms with van der Waals surface area (Å²) in [4.78, 5) is 13.1. The Hall–Kier alpha value is -3.56. The normalized spacial score (nSPS) is 13.3. The maximum Gasteiger partial charge on any atom is 0.226 e. The van der Waals surface area contributed by atoms with E-state index in [0.717, 1.165) is 10.9 Å². The van der Waals surface area contributed by atoms with Gasteiger partial charge >= 0.3 is 0 Å². The molecule has 0 saturated heterocycles. The molecule has 0 amide bonds. The molecule has 0 radical (unpaired) electrons. The van der Waals surface area contributed by atoms with Gasteiger partial charge in [-0.05, 0) is 39.6 Å². The van der Waals surface area contributed by atoms with Crippen molar-refractivity contribution in [2.24, 2.45) is 0 Å². The molecule has 0 N–H and O–H groups in total. The van der Waals surface area contributed by atoms with Crippen molar-refractivity contribution in [1.82, 2.24) is 15.0 Å². The highest BCUT2D eigenvalue weighted by molar-refractivity contribution is 6.28. The van der Waals surface area contributed by atoms with Crippen LogP contribution in [0.4, 0.5) is 0 Å². The van der Waals surface area contributed by atoms with Gasteiger partial charge in [0.1, 0.15) is 0 Å². The summed E-state index contributed by atoms with van der Waals surface area (Å²) in [7, 11) is 0. The van der Waals surface area contributed by atoms with E-state index in [-0.39, 0.29) is 35.0 Å². The Balaban J connectivity index is 1.73. The topological polar surface area (TPSA) is 38.7 Å². The zero-order valence-electron chi connectivity index (χ0n) is 20.1. The summed E-state index contributed by atoms with van der Waals surface area (Å²) < 4.78 is 40.8. The van der Waals surface area contributed by atoms with Gasteiger partial charge in [-0.15, -0.1) is 0 Å². The van der Waals surface area contributed by atoms with Crippen molar-refractivity contribution in [2.45, 2.75) is 0 Å². The van der Waals surface area contributed by atoms with Gasteiger partial charge in [0.15, 0.2) is 11.6 Å². The van der Waals surface area contributed by atoms with E-state index < -0.39 is 6.04 Å². The largest absolute Gasteiger partial charge is 0.226 e. The summed E-state index contributed by atoms with van der Waals surface area (Å²) in [5.41, 5.74) is 2.13. The molecular weight excluding hydrogens is 378 g/mol. The molecule has 5 rings (SSSR count). The first kappa shape index (κ1) is 12.8. The molecule has 0 spiro atoms. The molecule has 138 valence electrons. The van der Waals surface area contributed by atoms with Gasteiger partial charge in [0.25, 0.3) is 0 Å². The van der Waals surface area contributed by atoms with Crippen LogP contribution in [0.25, 0.3) is 44.7 Å². The van der Waals surface area contributed by atoms with E-state index in [1.807, 2.05) is 54.6 Å². The molecule has 0 aliphatic heterocycles. The molecule has 3 nitrogen and oxygen atoms in total. The number of hydrogen-bond acceptors (Lipinski definition) is 3. The highest BCUT2D eigenvalue weighted by atomic mass is 35.5. The molecule has 4 heteroatoms. The van der Waals surface area contributed by atoms with Gasteiger partial charge in [0, 0.05) is 11.1 Å². The van der Waals surface area contributed by atoms with E-state index in [1.165, 1.54) is 0 Å². The van der Waals surface area contributed by atoms with Crippen LogP contribution in [0.15, 0.2) is 96.9 Å². The van der Waals surface area contributed by atoms with Gasteiger partial charge in [-0.2, -0.15) is 9.97 Å². The Morgan fingerprint density at radius 1 is 0.655 bits per heavy atom. The molecular formula is C25H16ClN3. The van der Waals surface area contributed by atoms with E-state index in [4.69, 9.17) is 18.5 Å². The summed E-state index contributed by atoms with van der Waals surface area (Å²) in [6.45, 7) is 0. The van der Waals surface area contributed by atoms with Crippen LogP contribution in [0.1, 0.15) is 6.85 Å². The van der Waals surface area contributed by atoms with Crippen LogP contribution >= 0.6 is 11.6 Å². The molecule has 1 aromatic heterocycles. The van der Waals surface area contributed by atoms with Crippen LogP contribution in [-0.4, -0.2) is 15.0 Å². The zero-order valence-corrected chi connectivity index (χ0v) is 15.8. The Morgan fingerprint density at radius 2 is 1.41 bits per heavy atom. The zero-order chi connectivity index (χ0) is 24.0. The first-order chi connectivity index (χ1) is 16.3. The van der Waals surface area contributed by atoms with Crippen LogP contribution in [0, 0.1) is 0 Å². The summed E-state index contributed by atoms with van der Waals surface area (Å²) >= 11 is 6.22. The fourth-order valence-corrected chi connectivity index (χ4v) is 3.37. The molecule has 0 bridgehead atoms. The van der Waals surface area contributed by atoms with Gasteiger partial charge in [0.2, 0.25) is 5.28 Å². The lowest BCUT2D eigenvalue weighted by molar-refractivity contribution is 1.07. The van der Waals surface area contributed by atoms with Gasteiger partial charge in [0.05, 0.1) is 6.85 Å². The molecule has 0 saturated carbocycles.